The zero-order valence-corrected chi connectivity index (χ0v) is 12.0. The number of ether oxygens (including phenoxy) is 1. The van der Waals surface area contributed by atoms with Crippen LogP contribution >= 0.6 is 0 Å². The Balaban J connectivity index is 1.91. The van der Waals surface area contributed by atoms with Crippen LogP contribution in [-0.4, -0.2) is 16.7 Å². The first-order valence-electron chi connectivity index (χ1n) is 7.07. The van der Waals surface area contributed by atoms with Gasteiger partial charge in [0.2, 0.25) is 0 Å². The van der Waals surface area contributed by atoms with Crippen LogP contribution in [0.15, 0.2) is 42.6 Å². The van der Waals surface area contributed by atoms with Crippen LogP contribution in [0.5, 0.6) is 5.75 Å². The Bertz CT molecular complexity index is 520. The first-order chi connectivity index (χ1) is 9.72. The minimum atomic E-state index is -0.702. The van der Waals surface area contributed by atoms with Gasteiger partial charge in [-0.25, -0.2) is 0 Å². The Morgan fingerprint density at radius 3 is 2.20 bits per heavy atom. The average molecular weight is 271 g/mol. The van der Waals surface area contributed by atoms with Gasteiger partial charge in [-0.2, -0.15) is 0 Å². The summed E-state index contributed by atoms with van der Waals surface area (Å²) in [4.78, 5) is 4.26. The third-order valence-corrected chi connectivity index (χ3v) is 3.34. The number of rotatable bonds is 6. The number of hydrogen-bond donors (Lipinski definition) is 1. The van der Waals surface area contributed by atoms with E-state index in [-0.39, 0.29) is 6.61 Å². The molecule has 0 aliphatic rings. The third-order valence-electron chi connectivity index (χ3n) is 3.34. The molecule has 0 amide bonds. The number of pyridine rings is 1. The van der Waals surface area contributed by atoms with Crippen molar-refractivity contribution in [2.75, 3.05) is 6.61 Å². The zero-order valence-electron chi connectivity index (χ0n) is 12.0. The van der Waals surface area contributed by atoms with Gasteiger partial charge in [0, 0.05) is 6.20 Å². The average Bonchev–Trinajstić information content (AvgIpc) is 2.53. The molecule has 0 fully saturated rings. The Hall–Kier alpha value is -1.87. The van der Waals surface area contributed by atoms with Crippen molar-refractivity contribution in [2.24, 2.45) is 0 Å². The first-order valence-corrected chi connectivity index (χ1v) is 7.07. The van der Waals surface area contributed by atoms with Gasteiger partial charge in [-0.15, -0.1) is 0 Å². The molecule has 106 valence electrons. The van der Waals surface area contributed by atoms with Crippen molar-refractivity contribution in [3.63, 3.8) is 0 Å². The fourth-order valence-corrected chi connectivity index (χ4v) is 1.92. The monoisotopic (exact) mass is 271 g/mol. The lowest BCUT2D eigenvalue weighted by atomic mass is 10.1. The Morgan fingerprint density at radius 1 is 1.00 bits per heavy atom. The molecule has 1 aromatic carbocycles. The summed E-state index contributed by atoms with van der Waals surface area (Å²) < 4.78 is 5.59. The van der Waals surface area contributed by atoms with E-state index in [9.17, 15) is 5.11 Å². The fourth-order valence-electron chi connectivity index (χ4n) is 1.92. The van der Waals surface area contributed by atoms with Crippen molar-refractivity contribution in [1.82, 2.24) is 4.98 Å². The van der Waals surface area contributed by atoms with E-state index in [1.807, 2.05) is 36.4 Å². The molecule has 0 bridgehead atoms. The molecule has 0 aliphatic heterocycles. The lowest BCUT2D eigenvalue weighted by Crippen LogP contribution is -2.11. The molecule has 0 saturated carbocycles. The molecule has 0 saturated heterocycles. The van der Waals surface area contributed by atoms with E-state index in [0.717, 1.165) is 24.2 Å². The van der Waals surface area contributed by atoms with Crippen molar-refractivity contribution < 1.29 is 9.84 Å². The van der Waals surface area contributed by atoms with Crippen LogP contribution in [0.4, 0.5) is 0 Å². The van der Waals surface area contributed by atoms with E-state index in [1.54, 1.807) is 6.20 Å². The van der Waals surface area contributed by atoms with Crippen molar-refractivity contribution >= 4 is 0 Å². The van der Waals surface area contributed by atoms with Crippen LogP contribution in [0.25, 0.3) is 0 Å². The van der Waals surface area contributed by atoms with Crippen LogP contribution in [0.3, 0.4) is 0 Å². The molecule has 1 heterocycles. The van der Waals surface area contributed by atoms with Crippen LogP contribution < -0.4 is 4.74 Å². The van der Waals surface area contributed by atoms with Gasteiger partial charge in [0.15, 0.2) is 0 Å². The molecule has 2 rings (SSSR count). The maximum atomic E-state index is 10.1. The molecule has 1 N–H and O–H groups in total. The lowest BCUT2D eigenvalue weighted by molar-refractivity contribution is 0.104. The number of benzene rings is 1. The van der Waals surface area contributed by atoms with Gasteiger partial charge in [-0.05, 0) is 42.2 Å². The molecular weight excluding hydrogens is 250 g/mol. The number of aliphatic hydroxyl groups excluding tert-OH is 1. The van der Waals surface area contributed by atoms with Crippen molar-refractivity contribution in [3.8, 4) is 5.75 Å². The van der Waals surface area contributed by atoms with Crippen LogP contribution in [0.1, 0.15) is 36.8 Å². The summed E-state index contributed by atoms with van der Waals surface area (Å²) in [5.41, 5.74) is 3.08. The van der Waals surface area contributed by atoms with Crippen molar-refractivity contribution in [3.05, 3.63) is 59.4 Å². The molecule has 1 atom stereocenters. The second-order valence-corrected chi connectivity index (χ2v) is 4.77. The lowest BCUT2D eigenvalue weighted by Gasteiger charge is -2.12. The Kier molecular flexibility index (Phi) is 5.13. The maximum absolute atomic E-state index is 10.1. The van der Waals surface area contributed by atoms with Gasteiger partial charge in [0.1, 0.15) is 18.5 Å². The van der Waals surface area contributed by atoms with E-state index in [4.69, 9.17) is 4.74 Å². The minimum absolute atomic E-state index is 0.212. The molecule has 3 nitrogen and oxygen atoms in total. The fraction of sp³-hybridized carbons (Fsp3) is 0.353. The topological polar surface area (TPSA) is 42.4 Å². The molecule has 0 radical (unpaired) electrons. The predicted octanol–water partition coefficient (Wildman–Crippen LogP) is 3.32. The minimum Gasteiger partial charge on any atom is -0.490 e. The molecule has 1 aromatic heterocycles. The SMILES string of the molecule is CCc1ccc(OCC(O)c2ccc(CC)cn2)cc1. The maximum Gasteiger partial charge on any atom is 0.130 e. The molecular formula is C17H21NO2. The van der Waals surface area contributed by atoms with Gasteiger partial charge in [0.05, 0.1) is 5.69 Å². The summed E-state index contributed by atoms with van der Waals surface area (Å²) in [5.74, 6) is 0.770. The molecule has 20 heavy (non-hydrogen) atoms. The second-order valence-electron chi connectivity index (χ2n) is 4.77. The largest absolute Gasteiger partial charge is 0.490 e. The van der Waals surface area contributed by atoms with Crippen LogP contribution in [0.2, 0.25) is 0 Å². The van der Waals surface area contributed by atoms with Crippen molar-refractivity contribution in [2.45, 2.75) is 32.8 Å². The van der Waals surface area contributed by atoms with E-state index >= 15 is 0 Å². The number of aliphatic hydroxyl groups is 1. The van der Waals surface area contributed by atoms with Gasteiger partial charge < -0.3 is 9.84 Å². The van der Waals surface area contributed by atoms with E-state index in [2.05, 4.69) is 18.8 Å². The van der Waals surface area contributed by atoms with Gasteiger partial charge in [-0.3, -0.25) is 4.98 Å². The molecule has 0 aliphatic carbocycles. The number of aryl methyl sites for hydroxylation is 2. The highest BCUT2D eigenvalue weighted by atomic mass is 16.5. The highest BCUT2D eigenvalue weighted by Gasteiger charge is 2.09. The Morgan fingerprint density at radius 2 is 1.65 bits per heavy atom. The second kappa shape index (κ2) is 7.06. The van der Waals surface area contributed by atoms with Gasteiger partial charge in [0.25, 0.3) is 0 Å². The summed E-state index contributed by atoms with van der Waals surface area (Å²) in [6, 6.07) is 11.8. The number of nitrogens with zero attached hydrogens (tertiary/aromatic N) is 1. The third kappa shape index (κ3) is 3.81. The number of hydrogen-bond acceptors (Lipinski definition) is 3. The van der Waals surface area contributed by atoms with Crippen LogP contribution in [-0.2, 0) is 12.8 Å². The normalized spacial score (nSPS) is 12.2. The summed E-state index contributed by atoms with van der Waals surface area (Å²) in [5, 5.41) is 10.1. The van der Waals surface area contributed by atoms with Gasteiger partial charge >= 0.3 is 0 Å². The summed E-state index contributed by atoms with van der Waals surface area (Å²) >= 11 is 0. The summed E-state index contributed by atoms with van der Waals surface area (Å²) in [7, 11) is 0. The van der Waals surface area contributed by atoms with E-state index in [1.165, 1.54) is 5.56 Å². The molecule has 1 unspecified atom stereocenters. The quantitative estimate of drug-likeness (QED) is 0.876. The van der Waals surface area contributed by atoms with E-state index < -0.39 is 6.10 Å². The van der Waals surface area contributed by atoms with E-state index in [0.29, 0.717) is 5.69 Å². The van der Waals surface area contributed by atoms with Crippen molar-refractivity contribution in [1.29, 1.82) is 0 Å². The predicted molar refractivity (Wildman–Crippen MR) is 79.9 cm³/mol. The zero-order chi connectivity index (χ0) is 14.4. The van der Waals surface area contributed by atoms with Gasteiger partial charge in [-0.1, -0.05) is 32.0 Å². The molecule has 3 heteroatoms. The molecule has 0 spiro atoms. The highest BCUT2D eigenvalue weighted by molar-refractivity contribution is 5.27. The number of aromatic nitrogens is 1. The highest BCUT2D eigenvalue weighted by Crippen LogP contribution is 2.16. The Labute approximate surface area is 120 Å². The summed E-state index contributed by atoms with van der Waals surface area (Å²) in [6.45, 7) is 4.41. The standard InChI is InChI=1S/C17H21NO2/c1-3-13-5-8-15(9-6-13)20-12-17(19)16-10-7-14(4-2)11-18-16/h5-11,17,19H,3-4,12H2,1-2H3. The first kappa shape index (κ1) is 14.5. The summed E-state index contributed by atoms with van der Waals surface area (Å²) in [6.07, 6.45) is 3.06. The smallest absolute Gasteiger partial charge is 0.130 e. The van der Waals surface area contributed by atoms with Crippen LogP contribution in [0, 0.1) is 0 Å². The molecule has 2 aromatic rings.